The molecule has 1 aliphatic rings. The second-order valence-electron chi connectivity index (χ2n) is 8.53. The van der Waals surface area contributed by atoms with Crippen molar-refractivity contribution in [1.29, 1.82) is 10.7 Å². The topological polar surface area (TPSA) is 121 Å². The zero-order valence-corrected chi connectivity index (χ0v) is 20.3. The fraction of sp³-hybridized carbons (Fsp3) is 0.280. The van der Waals surface area contributed by atoms with Gasteiger partial charge in [0.2, 0.25) is 0 Å². The Hall–Kier alpha value is -4.54. The summed E-state index contributed by atoms with van der Waals surface area (Å²) in [5.74, 6) is -2.22. The highest BCUT2D eigenvalue weighted by atomic mass is 19.4. The third-order valence-electron chi connectivity index (χ3n) is 5.81. The molecule has 8 nitrogen and oxygen atoms in total. The van der Waals surface area contributed by atoms with E-state index in [9.17, 15) is 35.9 Å². The van der Waals surface area contributed by atoms with Crippen molar-refractivity contribution in [2.75, 3.05) is 13.1 Å². The molecular weight excluding hydrogens is 530 g/mol. The van der Waals surface area contributed by atoms with Gasteiger partial charge in [0.1, 0.15) is 11.4 Å². The van der Waals surface area contributed by atoms with Crippen LogP contribution in [0.1, 0.15) is 40.0 Å². The summed E-state index contributed by atoms with van der Waals surface area (Å²) in [6.07, 6.45) is -8.32. The molecule has 1 heterocycles. The Morgan fingerprint density at radius 2 is 1.79 bits per heavy atom. The maximum atomic E-state index is 13.6. The summed E-state index contributed by atoms with van der Waals surface area (Å²) in [5, 5.41) is 23.3. The zero-order chi connectivity index (χ0) is 29.0. The minimum absolute atomic E-state index is 0.0786. The quantitative estimate of drug-likeness (QED) is 0.136. The third kappa shape index (κ3) is 7.07. The lowest BCUT2D eigenvalue weighted by Gasteiger charge is -2.24. The molecule has 4 N–H and O–H groups in total. The number of benzene rings is 2. The van der Waals surface area contributed by atoms with Gasteiger partial charge in [-0.15, -0.1) is 0 Å². The first-order chi connectivity index (χ1) is 18.2. The number of alkyl halides is 6. The lowest BCUT2D eigenvalue weighted by molar-refractivity contribution is -0.137. The van der Waals surface area contributed by atoms with Gasteiger partial charge in [-0.3, -0.25) is 20.3 Å². The number of hydrogen-bond acceptors (Lipinski definition) is 6. The Morgan fingerprint density at radius 1 is 1.13 bits per heavy atom. The maximum Gasteiger partial charge on any atom is 0.433 e. The molecule has 39 heavy (non-hydrogen) atoms. The summed E-state index contributed by atoms with van der Waals surface area (Å²) in [4.78, 5) is 26.1. The molecule has 0 bridgehead atoms. The third-order valence-corrected chi connectivity index (χ3v) is 5.81. The maximum absolute atomic E-state index is 13.6. The van der Waals surface area contributed by atoms with Crippen LogP contribution in [0.3, 0.4) is 0 Å². The number of halogens is 6. The van der Waals surface area contributed by atoms with Gasteiger partial charge in [-0.1, -0.05) is 24.3 Å². The molecule has 0 spiro atoms. The molecule has 1 unspecified atom stereocenters. The molecule has 0 aromatic heterocycles. The van der Waals surface area contributed by atoms with E-state index in [0.717, 1.165) is 12.1 Å². The van der Waals surface area contributed by atoms with Gasteiger partial charge < -0.3 is 15.5 Å². The summed E-state index contributed by atoms with van der Waals surface area (Å²) < 4.78 is 80.2. The molecule has 2 aromatic rings. The molecule has 1 saturated heterocycles. The van der Waals surface area contributed by atoms with Crippen molar-refractivity contribution >= 4 is 17.5 Å². The second-order valence-corrected chi connectivity index (χ2v) is 8.53. The first-order valence-electron chi connectivity index (χ1n) is 11.4. The highest BCUT2D eigenvalue weighted by molar-refractivity contribution is 6.23. The highest BCUT2D eigenvalue weighted by Crippen LogP contribution is 2.31. The van der Waals surface area contributed by atoms with Gasteiger partial charge in [0.05, 0.1) is 11.6 Å². The SMILES string of the molecule is CC(NC(=O)/C(C(=N)C(F)(F)F)=C1/NCCN1Cc1cccc(C(F)(F)F)c1)c1ccc(C(=O)NC#N)cc1. The van der Waals surface area contributed by atoms with Crippen LogP contribution in [0.25, 0.3) is 0 Å². The Morgan fingerprint density at radius 3 is 2.38 bits per heavy atom. The van der Waals surface area contributed by atoms with Gasteiger partial charge in [0, 0.05) is 25.2 Å². The molecule has 0 saturated carbocycles. The first-order valence-corrected chi connectivity index (χ1v) is 11.4. The van der Waals surface area contributed by atoms with Gasteiger partial charge in [0.25, 0.3) is 11.8 Å². The van der Waals surface area contributed by atoms with Gasteiger partial charge in [0.15, 0.2) is 11.9 Å². The minimum Gasteiger partial charge on any atom is -0.369 e. The summed E-state index contributed by atoms with van der Waals surface area (Å²) in [6, 6.07) is 9.02. The van der Waals surface area contributed by atoms with Gasteiger partial charge in [-0.2, -0.15) is 31.6 Å². The number of carbonyl (C=O) groups excluding carboxylic acids is 2. The van der Waals surface area contributed by atoms with Crippen LogP contribution < -0.4 is 16.0 Å². The zero-order valence-electron chi connectivity index (χ0n) is 20.3. The second kappa shape index (κ2) is 11.5. The Labute approximate surface area is 218 Å². The van der Waals surface area contributed by atoms with Crippen LogP contribution in [-0.2, 0) is 17.5 Å². The lowest BCUT2D eigenvalue weighted by atomic mass is 10.0. The molecule has 3 rings (SSSR count). The van der Waals surface area contributed by atoms with Crippen molar-refractivity contribution in [3.63, 3.8) is 0 Å². The fourth-order valence-corrected chi connectivity index (χ4v) is 3.88. The van der Waals surface area contributed by atoms with Crippen molar-refractivity contribution in [3.05, 3.63) is 82.2 Å². The Bertz CT molecular complexity index is 1330. The fourth-order valence-electron chi connectivity index (χ4n) is 3.88. The lowest BCUT2D eigenvalue weighted by Crippen LogP contribution is -2.39. The molecule has 0 aliphatic carbocycles. The number of carbonyl (C=O) groups is 2. The molecule has 1 atom stereocenters. The first kappa shape index (κ1) is 29.0. The molecule has 0 radical (unpaired) electrons. The Balaban J connectivity index is 1.90. The average Bonchev–Trinajstić information content (AvgIpc) is 3.30. The van der Waals surface area contributed by atoms with Crippen molar-refractivity contribution in [3.8, 4) is 6.19 Å². The van der Waals surface area contributed by atoms with Crippen LogP contribution in [-0.4, -0.2) is 41.7 Å². The van der Waals surface area contributed by atoms with Crippen molar-refractivity contribution in [2.45, 2.75) is 31.9 Å². The molecule has 1 aliphatic heterocycles. The van der Waals surface area contributed by atoms with Crippen LogP contribution in [0.4, 0.5) is 26.3 Å². The summed E-state index contributed by atoms with van der Waals surface area (Å²) in [7, 11) is 0. The number of nitrogens with zero attached hydrogens (tertiary/aromatic N) is 2. The summed E-state index contributed by atoms with van der Waals surface area (Å²) in [5.41, 5.74) is -3.15. The largest absolute Gasteiger partial charge is 0.433 e. The van der Waals surface area contributed by atoms with Crippen LogP contribution in [0.2, 0.25) is 0 Å². The van der Waals surface area contributed by atoms with Gasteiger partial charge >= 0.3 is 12.4 Å². The van der Waals surface area contributed by atoms with Crippen LogP contribution in [0, 0.1) is 16.9 Å². The number of hydrogen-bond donors (Lipinski definition) is 4. The monoisotopic (exact) mass is 552 g/mol. The molecular formula is C25H22F6N6O2. The smallest absolute Gasteiger partial charge is 0.369 e. The van der Waals surface area contributed by atoms with E-state index in [1.807, 2.05) is 5.32 Å². The van der Waals surface area contributed by atoms with Crippen molar-refractivity contribution in [1.82, 2.24) is 20.9 Å². The number of nitriles is 1. The minimum atomic E-state index is -5.19. The predicted molar refractivity (Wildman–Crippen MR) is 127 cm³/mol. The van der Waals surface area contributed by atoms with E-state index >= 15 is 0 Å². The number of amides is 2. The van der Waals surface area contributed by atoms with E-state index in [2.05, 4.69) is 10.6 Å². The number of nitrogens with one attached hydrogen (secondary N) is 4. The van der Waals surface area contributed by atoms with Crippen molar-refractivity contribution in [2.24, 2.45) is 0 Å². The van der Waals surface area contributed by atoms with E-state index in [0.29, 0.717) is 5.56 Å². The van der Waals surface area contributed by atoms with E-state index in [1.165, 1.54) is 54.4 Å². The standard InChI is InChI=1S/C25H22F6N6O2/c1-14(16-5-7-17(8-6-16)22(38)35-13-32)36-23(39)19(20(33)25(29,30)31)21-34-9-10-37(21)12-15-3-2-4-18(11-15)24(26,27)28/h2-8,11,14,33-34H,9-10,12H2,1H3,(H,35,38)(H,36,39)/b21-19-,33-20?. The van der Waals surface area contributed by atoms with Crippen LogP contribution in [0.5, 0.6) is 0 Å². The van der Waals surface area contributed by atoms with E-state index in [-0.39, 0.29) is 36.6 Å². The van der Waals surface area contributed by atoms with Crippen LogP contribution >= 0.6 is 0 Å². The van der Waals surface area contributed by atoms with Crippen molar-refractivity contribution < 1.29 is 35.9 Å². The van der Waals surface area contributed by atoms with E-state index in [1.54, 1.807) is 0 Å². The molecule has 206 valence electrons. The molecule has 14 heteroatoms. The molecule has 1 fully saturated rings. The number of rotatable bonds is 7. The average molecular weight is 552 g/mol. The van der Waals surface area contributed by atoms with E-state index < -0.39 is 47.1 Å². The van der Waals surface area contributed by atoms with Gasteiger partial charge in [-0.25, -0.2) is 0 Å². The van der Waals surface area contributed by atoms with E-state index in [4.69, 9.17) is 10.7 Å². The highest BCUT2D eigenvalue weighted by Gasteiger charge is 2.42. The Kier molecular flexibility index (Phi) is 8.53. The summed E-state index contributed by atoms with van der Waals surface area (Å²) in [6.45, 7) is 1.41. The van der Waals surface area contributed by atoms with Gasteiger partial charge in [-0.05, 0) is 42.3 Å². The summed E-state index contributed by atoms with van der Waals surface area (Å²) >= 11 is 0. The molecule has 2 amide bonds. The normalized spacial score (nSPS) is 15.6. The predicted octanol–water partition coefficient (Wildman–Crippen LogP) is 3.99. The van der Waals surface area contributed by atoms with Crippen LogP contribution in [0.15, 0.2) is 59.9 Å². The molecule has 2 aromatic carbocycles.